The Hall–Kier alpha value is -1.36. The standard InChI is InChI=1S/C17H21NO3.ClH/c1-11-5-3-7-14-15(11)9-16(21-17(14)20)12(2)18-8-4-6-13(18)10-19;/h3,5,7,9,12-13,19H,4,6,8,10H2,1-2H3;1H. The Morgan fingerprint density at radius 2 is 2.18 bits per heavy atom. The monoisotopic (exact) mass is 323 g/mol. The molecule has 1 aliphatic rings. The summed E-state index contributed by atoms with van der Waals surface area (Å²) in [6.45, 7) is 5.13. The summed E-state index contributed by atoms with van der Waals surface area (Å²) in [7, 11) is 0. The third-order valence-corrected chi connectivity index (χ3v) is 4.58. The van der Waals surface area contributed by atoms with Crippen LogP contribution in [0.5, 0.6) is 0 Å². The maximum Gasteiger partial charge on any atom is 0.343 e. The molecule has 0 aliphatic carbocycles. The van der Waals surface area contributed by atoms with Gasteiger partial charge >= 0.3 is 5.63 Å². The van der Waals surface area contributed by atoms with Gasteiger partial charge in [0.1, 0.15) is 5.76 Å². The molecule has 1 aromatic heterocycles. The topological polar surface area (TPSA) is 53.7 Å². The van der Waals surface area contributed by atoms with Crippen molar-refractivity contribution in [3.8, 4) is 0 Å². The molecule has 1 aliphatic heterocycles. The summed E-state index contributed by atoms with van der Waals surface area (Å²) in [5, 5.41) is 11.1. The van der Waals surface area contributed by atoms with E-state index >= 15 is 0 Å². The van der Waals surface area contributed by atoms with Crippen molar-refractivity contribution in [1.82, 2.24) is 4.90 Å². The number of aliphatic hydroxyl groups excluding tert-OH is 1. The fraction of sp³-hybridized carbons (Fsp3) is 0.471. The number of halogens is 1. The summed E-state index contributed by atoms with van der Waals surface area (Å²) >= 11 is 0. The quantitative estimate of drug-likeness (QED) is 0.943. The highest BCUT2D eigenvalue weighted by atomic mass is 35.5. The smallest absolute Gasteiger partial charge is 0.343 e. The maximum absolute atomic E-state index is 12.2. The van der Waals surface area contributed by atoms with Gasteiger partial charge in [-0.1, -0.05) is 12.1 Å². The second-order valence-corrected chi connectivity index (χ2v) is 5.86. The molecule has 0 spiro atoms. The molecule has 0 radical (unpaired) electrons. The molecule has 1 fully saturated rings. The first-order valence-electron chi connectivity index (χ1n) is 7.52. The van der Waals surface area contributed by atoms with Crippen molar-refractivity contribution < 1.29 is 9.52 Å². The second kappa shape index (κ2) is 6.82. The Bertz CT molecular complexity index is 713. The Labute approximate surface area is 136 Å². The summed E-state index contributed by atoms with van der Waals surface area (Å²) in [6.07, 6.45) is 2.07. The lowest BCUT2D eigenvalue weighted by molar-refractivity contribution is 0.114. The van der Waals surface area contributed by atoms with Crippen LogP contribution in [0.2, 0.25) is 0 Å². The predicted octanol–water partition coefficient (Wildman–Crippen LogP) is 3.04. The van der Waals surface area contributed by atoms with E-state index < -0.39 is 0 Å². The Morgan fingerprint density at radius 3 is 2.91 bits per heavy atom. The van der Waals surface area contributed by atoms with E-state index in [1.807, 2.05) is 32.0 Å². The number of nitrogens with zero attached hydrogens (tertiary/aromatic N) is 1. The molecular weight excluding hydrogens is 302 g/mol. The molecule has 2 unspecified atom stereocenters. The maximum atomic E-state index is 12.2. The molecule has 3 rings (SSSR count). The van der Waals surface area contributed by atoms with Gasteiger partial charge in [-0.15, -0.1) is 12.4 Å². The van der Waals surface area contributed by atoms with Crippen LogP contribution in [0.15, 0.2) is 33.5 Å². The van der Waals surface area contributed by atoms with Crippen LogP contribution >= 0.6 is 12.4 Å². The van der Waals surface area contributed by atoms with Crippen LogP contribution < -0.4 is 5.63 Å². The molecule has 1 saturated heterocycles. The van der Waals surface area contributed by atoms with Crippen LogP contribution in [0.1, 0.15) is 37.1 Å². The summed E-state index contributed by atoms with van der Waals surface area (Å²) in [4.78, 5) is 14.4. The van der Waals surface area contributed by atoms with Crippen molar-refractivity contribution >= 4 is 23.2 Å². The molecule has 4 nitrogen and oxygen atoms in total. The minimum absolute atomic E-state index is 0. The molecule has 1 aromatic carbocycles. The summed E-state index contributed by atoms with van der Waals surface area (Å²) in [5.41, 5.74) is 0.798. The Morgan fingerprint density at radius 1 is 1.41 bits per heavy atom. The highest BCUT2D eigenvalue weighted by Crippen LogP contribution is 2.30. The summed E-state index contributed by atoms with van der Waals surface area (Å²) < 4.78 is 5.53. The number of aryl methyl sites for hydroxylation is 1. The van der Waals surface area contributed by atoms with Gasteiger partial charge in [0.05, 0.1) is 18.0 Å². The van der Waals surface area contributed by atoms with Gasteiger partial charge in [-0.2, -0.15) is 0 Å². The zero-order valence-corrected chi connectivity index (χ0v) is 13.7. The molecule has 2 atom stereocenters. The van der Waals surface area contributed by atoms with Crippen molar-refractivity contribution in [1.29, 1.82) is 0 Å². The summed E-state index contributed by atoms with van der Waals surface area (Å²) in [6, 6.07) is 7.82. The molecule has 2 heterocycles. The van der Waals surface area contributed by atoms with Gasteiger partial charge in [0.2, 0.25) is 0 Å². The van der Waals surface area contributed by atoms with Gasteiger partial charge in [-0.05, 0) is 56.3 Å². The molecule has 1 N–H and O–H groups in total. The van der Waals surface area contributed by atoms with Gasteiger partial charge < -0.3 is 9.52 Å². The Kier molecular flexibility index (Phi) is 5.27. The lowest BCUT2D eigenvalue weighted by atomic mass is 10.1. The van der Waals surface area contributed by atoms with Crippen LogP contribution in [0.4, 0.5) is 0 Å². The summed E-state index contributed by atoms with van der Waals surface area (Å²) in [5.74, 6) is 0.683. The van der Waals surface area contributed by atoms with Crippen LogP contribution in [-0.2, 0) is 0 Å². The van der Waals surface area contributed by atoms with Crippen LogP contribution in [0, 0.1) is 6.92 Å². The van der Waals surface area contributed by atoms with Crippen LogP contribution in [0.25, 0.3) is 10.8 Å². The minimum atomic E-state index is -0.280. The SMILES string of the molecule is Cc1cccc2c(=O)oc(C(C)N3CCCC3CO)cc12.Cl. The first kappa shape index (κ1) is 17.0. The molecule has 2 aromatic rings. The number of likely N-dealkylation sites (tertiary alicyclic amines) is 1. The van der Waals surface area contributed by atoms with E-state index in [1.54, 1.807) is 6.07 Å². The van der Waals surface area contributed by atoms with Gasteiger partial charge in [-0.3, -0.25) is 4.90 Å². The van der Waals surface area contributed by atoms with Gasteiger partial charge in [0.15, 0.2) is 0 Å². The number of fused-ring (bicyclic) bond motifs is 1. The first-order chi connectivity index (χ1) is 10.1. The molecule has 0 saturated carbocycles. The molecule has 22 heavy (non-hydrogen) atoms. The minimum Gasteiger partial charge on any atom is -0.426 e. The average Bonchev–Trinajstić information content (AvgIpc) is 2.96. The van der Waals surface area contributed by atoms with Crippen molar-refractivity contribution in [2.24, 2.45) is 0 Å². The van der Waals surface area contributed by atoms with Crippen molar-refractivity contribution in [3.05, 3.63) is 46.0 Å². The largest absolute Gasteiger partial charge is 0.426 e. The first-order valence-corrected chi connectivity index (χ1v) is 7.52. The van der Waals surface area contributed by atoms with Crippen LogP contribution in [-0.4, -0.2) is 29.2 Å². The van der Waals surface area contributed by atoms with Gasteiger partial charge in [0, 0.05) is 6.04 Å². The number of rotatable bonds is 3. The van der Waals surface area contributed by atoms with Crippen LogP contribution in [0.3, 0.4) is 0 Å². The molecule has 0 amide bonds. The van der Waals surface area contributed by atoms with E-state index in [0.717, 1.165) is 30.3 Å². The molecule has 5 heteroatoms. The highest BCUT2D eigenvalue weighted by Gasteiger charge is 2.30. The van der Waals surface area contributed by atoms with Crippen molar-refractivity contribution in [2.45, 2.75) is 38.8 Å². The fourth-order valence-electron chi connectivity index (χ4n) is 3.32. The third-order valence-electron chi connectivity index (χ3n) is 4.58. The number of hydrogen-bond donors (Lipinski definition) is 1. The zero-order valence-electron chi connectivity index (χ0n) is 12.9. The second-order valence-electron chi connectivity index (χ2n) is 5.86. The third kappa shape index (κ3) is 2.91. The number of hydrogen-bond acceptors (Lipinski definition) is 4. The van der Waals surface area contributed by atoms with E-state index in [9.17, 15) is 9.90 Å². The fourth-order valence-corrected chi connectivity index (χ4v) is 3.32. The molecular formula is C17H22ClNO3. The van der Waals surface area contributed by atoms with E-state index in [2.05, 4.69) is 4.90 Å². The zero-order chi connectivity index (χ0) is 15.0. The van der Waals surface area contributed by atoms with E-state index in [-0.39, 0.29) is 36.7 Å². The van der Waals surface area contributed by atoms with Gasteiger partial charge in [-0.25, -0.2) is 4.79 Å². The average molecular weight is 324 g/mol. The number of benzene rings is 1. The lowest BCUT2D eigenvalue weighted by Gasteiger charge is -2.28. The van der Waals surface area contributed by atoms with Gasteiger partial charge in [0.25, 0.3) is 0 Å². The molecule has 120 valence electrons. The lowest BCUT2D eigenvalue weighted by Crippen LogP contribution is -2.34. The predicted molar refractivity (Wildman–Crippen MR) is 89.7 cm³/mol. The van der Waals surface area contributed by atoms with E-state index in [4.69, 9.17) is 4.42 Å². The highest BCUT2D eigenvalue weighted by molar-refractivity contribution is 5.85. The Balaban J connectivity index is 0.00000176. The van der Waals surface area contributed by atoms with E-state index in [0.29, 0.717) is 11.1 Å². The van der Waals surface area contributed by atoms with Crippen molar-refractivity contribution in [2.75, 3.05) is 13.2 Å². The van der Waals surface area contributed by atoms with E-state index in [1.165, 1.54) is 0 Å². The van der Waals surface area contributed by atoms with Crippen molar-refractivity contribution in [3.63, 3.8) is 0 Å². The normalized spacial score (nSPS) is 20.0. The number of aliphatic hydroxyl groups is 1. The molecule has 0 bridgehead atoms.